The molecule has 0 saturated carbocycles. The Hall–Kier alpha value is -2.70. The molecule has 1 aliphatic rings. The Morgan fingerprint density at radius 3 is 2.73 bits per heavy atom. The summed E-state index contributed by atoms with van der Waals surface area (Å²) in [6.45, 7) is 6.04. The van der Waals surface area contributed by atoms with Crippen molar-refractivity contribution in [3.8, 4) is 0 Å². The number of hydrogen-bond acceptors (Lipinski definition) is 3. The van der Waals surface area contributed by atoms with E-state index in [2.05, 4.69) is 10.4 Å². The number of hydrogen-bond donors (Lipinski definition) is 1. The van der Waals surface area contributed by atoms with Crippen LogP contribution in [0.3, 0.4) is 0 Å². The molecule has 0 radical (unpaired) electrons. The maximum Gasteiger partial charge on any atom is 0.227 e. The largest absolute Gasteiger partial charge is 0.349 e. The third kappa shape index (κ3) is 3.34. The van der Waals surface area contributed by atoms with Gasteiger partial charge < -0.3 is 10.2 Å². The predicted octanol–water partition coefficient (Wildman–Crippen LogP) is 2.41. The van der Waals surface area contributed by atoms with E-state index >= 15 is 0 Å². The predicted molar refractivity (Wildman–Crippen MR) is 96.1 cm³/mol. The van der Waals surface area contributed by atoms with Crippen LogP contribution in [0.15, 0.2) is 24.3 Å². The first kappa shape index (κ1) is 18.1. The zero-order valence-corrected chi connectivity index (χ0v) is 15.4. The molecule has 0 unspecified atom stereocenters. The van der Waals surface area contributed by atoms with Gasteiger partial charge in [-0.05, 0) is 39.0 Å². The molecular weight excluding hydrogens is 335 g/mol. The zero-order valence-electron chi connectivity index (χ0n) is 15.4. The van der Waals surface area contributed by atoms with Gasteiger partial charge >= 0.3 is 0 Å². The summed E-state index contributed by atoms with van der Waals surface area (Å²) in [6.07, 6.45) is 0.125. The molecule has 0 aliphatic carbocycles. The normalized spacial score (nSPS) is 18.3. The lowest BCUT2D eigenvalue weighted by Crippen LogP contribution is -2.35. The summed E-state index contributed by atoms with van der Waals surface area (Å²) in [7, 11) is 1.87. The Labute approximate surface area is 152 Å². The molecule has 1 saturated heterocycles. The van der Waals surface area contributed by atoms with Crippen molar-refractivity contribution in [3.63, 3.8) is 0 Å². The van der Waals surface area contributed by atoms with Gasteiger partial charge in [0.2, 0.25) is 11.8 Å². The van der Waals surface area contributed by atoms with Gasteiger partial charge in [-0.15, -0.1) is 0 Å². The van der Waals surface area contributed by atoms with Crippen molar-refractivity contribution in [1.82, 2.24) is 15.1 Å². The van der Waals surface area contributed by atoms with Gasteiger partial charge in [0.1, 0.15) is 5.82 Å². The number of rotatable bonds is 4. The molecule has 2 aromatic rings. The average Bonchev–Trinajstić information content (AvgIpc) is 3.07. The van der Waals surface area contributed by atoms with Crippen molar-refractivity contribution < 1.29 is 14.0 Å². The molecule has 26 heavy (non-hydrogen) atoms. The van der Waals surface area contributed by atoms with Gasteiger partial charge in [-0.25, -0.2) is 4.39 Å². The van der Waals surface area contributed by atoms with Crippen LogP contribution in [0.1, 0.15) is 36.3 Å². The van der Waals surface area contributed by atoms with Gasteiger partial charge in [-0.2, -0.15) is 5.10 Å². The number of anilines is 1. The minimum Gasteiger partial charge on any atom is -0.349 e. The Kier molecular flexibility index (Phi) is 4.80. The molecule has 1 aromatic carbocycles. The monoisotopic (exact) mass is 358 g/mol. The molecule has 0 bridgehead atoms. The van der Waals surface area contributed by atoms with Crippen LogP contribution < -0.4 is 10.2 Å². The van der Waals surface area contributed by atoms with Gasteiger partial charge in [0.05, 0.1) is 17.7 Å². The van der Waals surface area contributed by atoms with Gasteiger partial charge in [-0.3, -0.25) is 14.3 Å². The highest BCUT2D eigenvalue weighted by Crippen LogP contribution is 2.27. The molecule has 2 atom stereocenters. The van der Waals surface area contributed by atoms with Crippen molar-refractivity contribution in [3.05, 3.63) is 47.0 Å². The van der Waals surface area contributed by atoms with E-state index in [0.29, 0.717) is 5.69 Å². The second-order valence-corrected chi connectivity index (χ2v) is 6.82. The summed E-state index contributed by atoms with van der Waals surface area (Å²) < 4.78 is 15.2. The fourth-order valence-electron chi connectivity index (χ4n) is 3.60. The number of nitrogens with one attached hydrogen (secondary N) is 1. The molecule has 1 aromatic heterocycles. The third-order valence-electron chi connectivity index (χ3n) is 4.97. The highest BCUT2D eigenvalue weighted by molar-refractivity contribution is 6.00. The molecule has 2 heterocycles. The van der Waals surface area contributed by atoms with E-state index < -0.39 is 11.7 Å². The maximum absolute atomic E-state index is 13.4. The summed E-state index contributed by atoms with van der Waals surface area (Å²) in [6, 6.07) is 5.67. The number of carbonyl (C=O) groups excluding carboxylic acids is 2. The number of amides is 2. The van der Waals surface area contributed by atoms with E-state index in [1.54, 1.807) is 16.8 Å². The van der Waals surface area contributed by atoms with Gasteiger partial charge in [-0.1, -0.05) is 6.07 Å². The standard InChI is InChI=1S/C19H23FN4O2/c1-11(18-12(2)22-23(4)13(18)3)21-19(26)14-8-17(25)24(10-14)16-7-5-6-15(20)9-16/h5-7,9,11,14H,8,10H2,1-4H3,(H,21,26)/t11-,14-/m1/s1. The van der Waals surface area contributed by atoms with Crippen LogP contribution >= 0.6 is 0 Å². The van der Waals surface area contributed by atoms with Crippen LogP contribution in [-0.4, -0.2) is 28.1 Å². The Morgan fingerprint density at radius 1 is 1.38 bits per heavy atom. The van der Waals surface area contributed by atoms with Crippen molar-refractivity contribution in [2.24, 2.45) is 13.0 Å². The lowest BCUT2D eigenvalue weighted by atomic mass is 10.0. The first-order chi connectivity index (χ1) is 12.3. The molecule has 1 fully saturated rings. The molecule has 1 N–H and O–H groups in total. The Bertz CT molecular complexity index is 861. The van der Waals surface area contributed by atoms with Crippen LogP contribution in [0.2, 0.25) is 0 Å². The van der Waals surface area contributed by atoms with Gasteiger partial charge in [0.25, 0.3) is 0 Å². The Morgan fingerprint density at radius 2 is 2.12 bits per heavy atom. The van der Waals surface area contributed by atoms with E-state index in [4.69, 9.17) is 0 Å². The van der Waals surface area contributed by atoms with Crippen LogP contribution in [0, 0.1) is 25.6 Å². The molecule has 6 nitrogen and oxygen atoms in total. The summed E-state index contributed by atoms with van der Waals surface area (Å²) in [4.78, 5) is 26.4. The van der Waals surface area contributed by atoms with E-state index in [9.17, 15) is 14.0 Å². The van der Waals surface area contributed by atoms with Crippen LogP contribution in [0.25, 0.3) is 0 Å². The van der Waals surface area contributed by atoms with Crippen LogP contribution in [-0.2, 0) is 16.6 Å². The minimum absolute atomic E-state index is 0.125. The van der Waals surface area contributed by atoms with E-state index in [1.807, 2.05) is 27.8 Å². The smallest absolute Gasteiger partial charge is 0.227 e. The number of carbonyl (C=O) groups is 2. The second-order valence-electron chi connectivity index (χ2n) is 6.82. The van der Waals surface area contributed by atoms with Crippen molar-refractivity contribution in [2.75, 3.05) is 11.4 Å². The molecule has 0 spiro atoms. The van der Waals surface area contributed by atoms with Crippen molar-refractivity contribution >= 4 is 17.5 Å². The average molecular weight is 358 g/mol. The molecule has 3 rings (SSSR count). The summed E-state index contributed by atoms with van der Waals surface area (Å²) >= 11 is 0. The molecule has 138 valence electrons. The quantitative estimate of drug-likeness (QED) is 0.913. The molecule has 2 amide bonds. The summed E-state index contributed by atoms with van der Waals surface area (Å²) in [5.41, 5.74) is 3.35. The fraction of sp³-hybridized carbons (Fsp3) is 0.421. The Balaban J connectivity index is 1.70. The molecular formula is C19H23FN4O2. The number of halogens is 1. The third-order valence-corrected chi connectivity index (χ3v) is 4.97. The summed E-state index contributed by atoms with van der Waals surface area (Å²) in [5.74, 6) is -1.20. The summed E-state index contributed by atoms with van der Waals surface area (Å²) in [5, 5.41) is 7.37. The van der Waals surface area contributed by atoms with Crippen molar-refractivity contribution in [1.29, 1.82) is 0 Å². The highest BCUT2D eigenvalue weighted by Gasteiger charge is 2.36. The van der Waals surface area contributed by atoms with Crippen LogP contribution in [0.4, 0.5) is 10.1 Å². The second kappa shape index (κ2) is 6.90. The van der Waals surface area contributed by atoms with Gasteiger partial charge in [0, 0.05) is 37.0 Å². The first-order valence-electron chi connectivity index (χ1n) is 8.64. The number of aromatic nitrogens is 2. The topological polar surface area (TPSA) is 67.2 Å². The van der Waals surface area contributed by atoms with E-state index in [1.165, 1.54) is 17.0 Å². The zero-order chi connectivity index (χ0) is 19.0. The number of benzene rings is 1. The van der Waals surface area contributed by atoms with E-state index in [-0.39, 0.29) is 30.8 Å². The SMILES string of the molecule is Cc1nn(C)c(C)c1[C@@H](C)NC(=O)[C@@H]1CC(=O)N(c2cccc(F)c2)C1. The van der Waals surface area contributed by atoms with Crippen LogP contribution in [0.5, 0.6) is 0 Å². The van der Waals surface area contributed by atoms with Crippen molar-refractivity contribution in [2.45, 2.75) is 33.2 Å². The maximum atomic E-state index is 13.4. The van der Waals surface area contributed by atoms with E-state index in [0.717, 1.165) is 17.0 Å². The fourth-order valence-corrected chi connectivity index (χ4v) is 3.60. The number of aryl methyl sites for hydroxylation is 2. The highest BCUT2D eigenvalue weighted by atomic mass is 19.1. The molecule has 7 heteroatoms. The minimum atomic E-state index is -0.453. The first-order valence-corrected chi connectivity index (χ1v) is 8.64. The number of nitrogens with zero attached hydrogens (tertiary/aromatic N) is 3. The lowest BCUT2D eigenvalue weighted by molar-refractivity contribution is -0.126. The van der Waals surface area contributed by atoms with Gasteiger partial charge in [0.15, 0.2) is 0 Å². The lowest BCUT2D eigenvalue weighted by Gasteiger charge is -2.19. The molecule has 1 aliphatic heterocycles.